The summed E-state index contributed by atoms with van der Waals surface area (Å²) in [6.45, 7) is 6.69. The van der Waals surface area contributed by atoms with E-state index in [0.29, 0.717) is 12.3 Å². The monoisotopic (exact) mass is 385 g/mol. The molecule has 6 heteroatoms. The summed E-state index contributed by atoms with van der Waals surface area (Å²) in [5.41, 5.74) is 2.49. The van der Waals surface area contributed by atoms with Gasteiger partial charge in [-0.15, -0.1) is 0 Å². The van der Waals surface area contributed by atoms with E-state index in [-0.39, 0.29) is 17.0 Å². The van der Waals surface area contributed by atoms with Gasteiger partial charge in [0.15, 0.2) is 5.15 Å². The van der Waals surface area contributed by atoms with Crippen molar-refractivity contribution in [2.24, 2.45) is 5.92 Å². The highest BCUT2D eigenvalue weighted by Gasteiger charge is 2.31. The van der Waals surface area contributed by atoms with E-state index in [4.69, 9.17) is 16.3 Å². The highest BCUT2D eigenvalue weighted by Crippen LogP contribution is 2.33. The number of aromatic nitrogens is 2. The summed E-state index contributed by atoms with van der Waals surface area (Å²) in [6, 6.07) is 7.19. The predicted octanol–water partition coefficient (Wildman–Crippen LogP) is 4.48. The van der Waals surface area contributed by atoms with Crippen molar-refractivity contribution in [2.45, 2.75) is 38.6 Å². The second-order valence-electron chi connectivity index (χ2n) is 6.80. The maximum Gasteiger partial charge on any atom is 0.224 e. The molecule has 1 unspecified atom stereocenters. The largest absolute Gasteiger partial charge is 0.494 e. The number of benzene rings is 1. The Hall–Kier alpha value is -2.40. The molecule has 1 fully saturated rings. The molecule has 0 saturated heterocycles. The molecule has 142 valence electrons. The molecular formula is C21H24ClN3O2. The number of nitrogens with one attached hydrogen (secondary N) is 1. The number of hydrogen-bond acceptors (Lipinski definition) is 4. The summed E-state index contributed by atoms with van der Waals surface area (Å²) in [6.07, 6.45) is 6.63. The lowest BCUT2D eigenvalue weighted by Crippen LogP contribution is -2.38. The zero-order chi connectivity index (χ0) is 19.2. The van der Waals surface area contributed by atoms with E-state index in [1.165, 1.54) is 6.20 Å². The van der Waals surface area contributed by atoms with E-state index in [1.807, 2.05) is 24.3 Å². The van der Waals surface area contributed by atoms with Crippen LogP contribution in [-0.2, 0) is 4.79 Å². The lowest BCUT2D eigenvalue weighted by atomic mass is 9.80. The average molecular weight is 386 g/mol. The fourth-order valence-corrected chi connectivity index (χ4v) is 3.25. The molecule has 2 aromatic rings. The quantitative estimate of drug-likeness (QED) is 0.537. The van der Waals surface area contributed by atoms with Crippen LogP contribution in [0.2, 0.25) is 5.15 Å². The molecule has 1 aliphatic carbocycles. The van der Waals surface area contributed by atoms with Crippen molar-refractivity contribution in [2.75, 3.05) is 6.61 Å². The maximum absolute atomic E-state index is 12.7. The smallest absolute Gasteiger partial charge is 0.224 e. The minimum absolute atomic E-state index is 0.0218. The topological polar surface area (TPSA) is 64.1 Å². The first-order valence-corrected chi connectivity index (χ1v) is 9.62. The summed E-state index contributed by atoms with van der Waals surface area (Å²) < 4.78 is 5.81. The summed E-state index contributed by atoms with van der Waals surface area (Å²) in [5.74, 6) is 0.697. The third-order valence-corrected chi connectivity index (χ3v) is 4.93. The van der Waals surface area contributed by atoms with E-state index < -0.39 is 6.04 Å². The Kier molecular flexibility index (Phi) is 6.45. The number of amides is 1. The van der Waals surface area contributed by atoms with Crippen molar-refractivity contribution < 1.29 is 9.53 Å². The molecule has 0 spiro atoms. The van der Waals surface area contributed by atoms with Crippen LogP contribution in [0, 0.1) is 5.92 Å². The van der Waals surface area contributed by atoms with Crippen molar-refractivity contribution in [1.82, 2.24) is 15.3 Å². The summed E-state index contributed by atoms with van der Waals surface area (Å²) in [7, 11) is 0. The molecule has 1 N–H and O–H groups in total. The lowest BCUT2D eigenvalue weighted by molar-refractivity contribution is -0.126. The summed E-state index contributed by atoms with van der Waals surface area (Å²) in [4.78, 5) is 21.1. The first-order valence-electron chi connectivity index (χ1n) is 9.24. The van der Waals surface area contributed by atoms with Gasteiger partial charge in [0.25, 0.3) is 0 Å². The van der Waals surface area contributed by atoms with Crippen LogP contribution >= 0.6 is 11.6 Å². The van der Waals surface area contributed by atoms with Gasteiger partial charge in [0.05, 0.1) is 12.6 Å². The van der Waals surface area contributed by atoms with Crippen LogP contribution in [0.3, 0.4) is 0 Å². The molecule has 0 bridgehead atoms. The van der Waals surface area contributed by atoms with Gasteiger partial charge in [-0.2, -0.15) is 0 Å². The Morgan fingerprint density at radius 2 is 2.15 bits per heavy atom. The van der Waals surface area contributed by atoms with Crippen LogP contribution in [0.25, 0.3) is 0 Å². The van der Waals surface area contributed by atoms with Gasteiger partial charge in [0.2, 0.25) is 5.91 Å². The van der Waals surface area contributed by atoms with E-state index in [9.17, 15) is 4.79 Å². The van der Waals surface area contributed by atoms with Crippen molar-refractivity contribution >= 4 is 17.5 Å². The maximum atomic E-state index is 12.7. The van der Waals surface area contributed by atoms with Crippen LogP contribution < -0.4 is 10.1 Å². The molecule has 1 aromatic carbocycles. The minimum Gasteiger partial charge on any atom is -0.494 e. The molecular weight excluding hydrogens is 362 g/mol. The van der Waals surface area contributed by atoms with Crippen LogP contribution in [0.15, 0.2) is 48.8 Å². The van der Waals surface area contributed by atoms with Crippen molar-refractivity contribution in [3.63, 3.8) is 0 Å². The van der Waals surface area contributed by atoms with E-state index >= 15 is 0 Å². The molecule has 1 heterocycles. The van der Waals surface area contributed by atoms with Gasteiger partial charge in [0.1, 0.15) is 11.4 Å². The van der Waals surface area contributed by atoms with Gasteiger partial charge in [-0.3, -0.25) is 9.78 Å². The molecule has 1 aromatic heterocycles. The predicted molar refractivity (Wildman–Crippen MR) is 106 cm³/mol. The Morgan fingerprint density at radius 3 is 2.85 bits per heavy atom. The highest BCUT2D eigenvalue weighted by atomic mass is 35.5. The van der Waals surface area contributed by atoms with E-state index in [2.05, 4.69) is 28.8 Å². The van der Waals surface area contributed by atoms with Gasteiger partial charge in [0, 0.05) is 18.3 Å². The van der Waals surface area contributed by atoms with E-state index in [0.717, 1.165) is 42.6 Å². The minimum atomic E-state index is -0.484. The van der Waals surface area contributed by atoms with Gasteiger partial charge in [-0.25, -0.2) is 4.98 Å². The first-order chi connectivity index (χ1) is 13.1. The number of carbonyl (C=O) groups excluding carboxylic acids is 1. The van der Waals surface area contributed by atoms with Crippen LogP contribution in [0.4, 0.5) is 0 Å². The molecule has 5 nitrogen and oxygen atoms in total. The number of nitrogens with zero attached hydrogens (tertiary/aromatic N) is 2. The number of rotatable bonds is 8. The average Bonchev–Trinajstić information content (AvgIpc) is 2.64. The van der Waals surface area contributed by atoms with Gasteiger partial charge in [-0.1, -0.05) is 49.2 Å². The summed E-state index contributed by atoms with van der Waals surface area (Å²) >= 11 is 6.27. The number of ether oxygens (including phenoxy) is 1. The van der Waals surface area contributed by atoms with Crippen LogP contribution in [0.5, 0.6) is 5.75 Å². The van der Waals surface area contributed by atoms with Crippen LogP contribution in [-0.4, -0.2) is 22.5 Å². The molecule has 1 aliphatic rings. The molecule has 1 saturated carbocycles. The lowest BCUT2D eigenvalue weighted by Gasteiger charge is -2.29. The molecule has 1 atom stereocenters. The third kappa shape index (κ3) is 4.86. The van der Waals surface area contributed by atoms with Crippen molar-refractivity contribution in [3.05, 3.63) is 65.2 Å². The number of carbonyl (C=O) groups is 1. The van der Waals surface area contributed by atoms with Gasteiger partial charge < -0.3 is 10.1 Å². The second-order valence-corrected chi connectivity index (χ2v) is 7.16. The number of halogens is 1. The number of hydrogen-bond donors (Lipinski definition) is 1. The second kappa shape index (κ2) is 9.00. The number of unbranched alkanes of at least 4 members (excludes halogenated alkanes) is 1. The Morgan fingerprint density at radius 1 is 1.37 bits per heavy atom. The fourth-order valence-electron chi connectivity index (χ4n) is 3.04. The Balaban J connectivity index is 1.85. The molecule has 1 amide bonds. The zero-order valence-electron chi connectivity index (χ0n) is 15.5. The molecule has 0 aliphatic heterocycles. The fraction of sp³-hybridized carbons (Fsp3) is 0.381. The number of allylic oxidation sites excluding steroid dienone is 1. The molecule has 27 heavy (non-hydrogen) atoms. The molecule has 3 rings (SSSR count). The zero-order valence-corrected chi connectivity index (χ0v) is 16.2. The Bertz CT molecular complexity index is 817. The highest BCUT2D eigenvalue weighted by molar-refractivity contribution is 6.30. The molecule has 0 radical (unpaired) electrons. The standard InChI is InChI=1S/C21H24ClN3O2/c1-3-4-10-27-17-7-5-6-15(13-17)18(19-20(22)24-9-8-23-19)25-21(26)16-11-14(2)12-16/h5-9,13,16,18H,2-4,10-12H2,1H3,(H,25,26). The SMILES string of the molecule is C=C1CC(C(=O)NC(c2cccc(OCCCC)c2)c2nccnc2Cl)C1. The third-order valence-electron chi connectivity index (χ3n) is 4.64. The normalized spacial score (nSPS) is 15.1. The van der Waals surface area contributed by atoms with Crippen molar-refractivity contribution in [3.8, 4) is 5.75 Å². The summed E-state index contributed by atoms with van der Waals surface area (Å²) in [5, 5.41) is 3.36. The van der Waals surface area contributed by atoms with Crippen molar-refractivity contribution in [1.29, 1.82) is 0 Å². The first kappa shape index (κ1) is 19.4. The van der Waals surface area contributed by atoms with Crippen LogP contribution in [0.1, 0.15) is 49.9 Å². The Labute approximate surface area is 164 Å². The van der Waals surface area contributed by atoms with Gasteiger partial charge in [-0.05, 0) is 37.0 Å². The van der Waals surface area contributed by atoms with E-state index in [1.54, 1.807) is 6.20 Å². The van der Waals surface area contributed by atoms with Gasteiger partial charge >= 0.3 is 0 Å².